The van der Waals surface area contributed by atoms with Gasteiger partial charge in [0.15, 0.2) is 0 Å². The predicted molar refractivity (Wildman–Crippen MR) is 91.4 cm³/mol. The van der Waals surface area contributed by atoms with Crippen molar-refractivity contribution in [3.8, 4) is 0 Å². The number of nitrogens with zero attached hydrogens (tertiary/aromatic N) is 1. The molecule has 2 N–H and O–H groups in total. The summed E-state index contributed by atoms with van der Waals surface area (Å²) >= 11 is 0. The van der Waals surface area contributed by atoms with Crippen molar-refractivity contribution in [1.29, 1.82) is 0 Å². The molecule has 0 fully saturated rings. The van der Waals surface area contributed by atoms with Gasteiger partial charge in [0.1, 0.15) is 5.82 Å². The number of para-hydroxylation sites is 2. The Hall–Kier alpha value is -2.55. The van der Waals surface area contributed by atoms with Crippen LogP contribution in [0.1, 0.15) is 35.4 Å². The molecule has 110 valence electrons. The molecule has 1 atom stereocenters. The summed E-state index contributed by atoms with van der Waals surface area (Å²) < 4.78 is 0. The third kappa shape index (κ3) is 1.86. The Morgan fingerprint density at radius 2 is 1.86 bits per heavy atom. The number of hydrogen-bond donors (Lipinski definition) is 2. The lowest BCUT2D eigenvalue weighted by atomic mass is 9.91. The largest absolute Gasteiger partial charge is 0.361 e. The highest BCUT2D eigenvalue weighted by Gasteiger charge is 2.19. The van der Waals surface area contributed by atoms with Crippen molar-refractivity contribution in [2.45, 2.75) is 26.7 Å². The highest BCUT2D eigenvalue weighted by molar-refractivity contribution is 5.88. The van der Waals surface area contributed by atoms with Crippen LogP contribution < -0.4 is 0 Å². The average molecular weight is 289 g/mol. The lowest BCUT2D eigenvalue weighted by molar-refractivity contribution is 0.845. The normalized spacial score (nSPS) is 13.0. The summed E-state index contributed by atoms with van der Waals surface area (Å²) in [5.41, 5.74) is 7.30. The number of aryl methyl sites for hydroxylation is 2. The zero-order valence-corrected chi connectivity index (χ0v) is 13.1. The number of rotatable bonds is 2. The van der Waals surface area contributed by atoms with Gasteiger partial charge in [-0.25, -0.2) is 4.98 Å². The predicted octanol–water partition coefficient (Wildman–Crippen LogP) is 4.81. The molecular formula is C19H19N3. The smallest absolute Gasteiger partial charge is 0.114 e. The van der Waals surface area contributed by atoms with Gasteiger partial charge in [0.2, 0.25) is 0 Å². The quantitative estimate of drug-likeness (QED) is 0.546. The van der Waals surface area contributed by atoms with Crippen molar-refractivity contribution in [2.75, 3.05) is 0 Å². The minimum atomic E-state index is 0.228. The molecule has 0 aliphatic carbocycles. The fourth-order valence-corrected chi connectivity index (χ4v) is 3.50. The van der Waals surface area contributed by atoms with E-state index >= 15 is 0 Å². The molecule has 3 heteroatoms. The molecule has 1 unspecified atom stereocenters. The molecule has 0 spiro atoms. The topological polar surface area (TPSA) is 44.5 Å². The summed E-state index contributed by atoms with van der Waals surface area (Å²) in [6.45, 7) is 6.57. The lowest BCUT2D eigenvalue weighted by Gasteiger charge is -2.15. The van der Waals surface area contributed by atoms with Crippen LogP contribution in [0.5, 0.6) is 0 Å². The second-order valence-electron chi connectivity index (χ2n) is 6.05. The van der Waals surface area contributed by atoms with Crippen LogP contribution in [-0.4, -0.2) is 15.0 Å². The fraction of sp³-hybridized carbons (Fsp3) is 0.211. The van der Waals surface area contributed by atoms with E-state index in [1.165, 1.54) is 27.6 Å². The van der Waals surface area contributed by atoms with Crippen LogP contribution in [0.25, 0.3) is 21.9 Å². The number of hydrogen-bond acceptors (Lipinski definition) is 1. The van der Waals surface area contributed by atoms with E-state index in [-0.39, 0.29) is 5.92 Å². The molecular weight excluding hydrogens is 270 g/mol. The fourth-order valence-electron chi connectivity index (χ4n) is 3.50. The van der Waals surface area contributed by atoms with Crippen LogP contribution in [-0.2, 0) is 0 Å². The van der Waals surface area contributed by atoms with Crippen molar-refractivity contribution >= 4 is 21.9 Å². The Bertz CT molecular complexity index is 942. The number of imidazole rings is 1. The number of nitrogens with one attached hydrogen (secondary N) is 2. The van der Waals surface area contributed by atoms with Crippen LogP contribution in [0.2, 0.25) is 0 Å². The molecule has 2 aromatic heterocycles. The summed E-state index contributed by atoms with van der Waals surface area (Å²) in [5, 5.41) is 1.30. The van der Waals surface area contributed by atoms with Gasteiger partial charge < -0.3 is 9.97 Å². The van der Waals surface area contributed by atoms with E-state index in [4.69, 9.17) is 4.98 Å². The molecule has 4 aromatic rings. The first kappa shape index (κ1) is 13.1. The Morgan fingerprint density at radius 3 is 2.68 bits per heavy atom. The third-order valence-corrected chi connectivity index (χ3v) is 4.54. The lowest BCUT2D eigenvalue weighted by Crippen LogP contribution is -2.02. The first-order valence-electron chi connectivity index (χ1n) is 7.67. The highest BCUT2D eigenvalue weighted by atomic mass is 14.9. The molecule has 3 nitrogen and oxygen atoms in total. The van der Waals surface area contributed by atoms with Gasteiger partial charge in [-0.05, 0) is 48.7 Å². The molecule has 22 heavy (non-hydrogen) atoms. The second-order valence-corrected chi connectivity index (χ2v) is 6.05. The zero-order valence-electron chi connectivity index (χ0n) is 13.1. The van der Waals surface area contributed by atoms with Gasteiger partial charge >= 0.3 is 0 Å². The summed E-state index contributed by atoms with van der Waals surface area (Å²) in [5.74, 6) is 1.25. The molecule has 4 rings (SSSR count). The Balaban J connectivity index is 1.92. The summed E-state index contributed by atoms with van der Waals surface area (Å²) in [6, 6.07) is 12.6. The molecule has 0 saturated heterocycles. The van der Waals surface area contributed by atoms with Gasteiger partial charge in [-0.3, -0.25) is 0 Å². The maximum Gasteiger partial charge on any atom is 0.114 e. The number of H-pyrrole nitrogens is 2. The first-order valence-corrected chi connectivity index (χ1v) is 7.67. The highest BCUT2D eigenvalue weighted by Crippen LogP contribution is 2.34. The molecule has 0 radical (unpaired) electrons. The van der Waals surface area contributed by atoms with E-state index in [1.807, 2.05) is 18.3 Å². The monoisotopic (exact) mass is 289 g/mol. The Labute approximate surface area is 129 Å². The molecule has 0 aliphatic rings. The molecule has 0 aliphatic heterocycles. The minimum Gasteiger partial charge on any atom is -0.361 e. The standard InChI is InChI=1S/C19H19N3/c1-11-10-12(2)18-14(8-9-20-18)17(11)13(3)19-21-15-6-4-5-7-16(15)22-19/h4-10,13,20H,1-3H3,(H,21,22). The van der Waals surface area contributed by atoms with Gasteiger partial charge in [-0.1, -0.05) is 25.1 Å². The van der Waals surface area contributed by atoms with Crippen molar-refractivity contribution in [1.82, 2.24) is 15.0 Å². The second kappa shape index (κ2) is 4.73. The molecule has 0 bridgehead atoms. The van der Waals surface area contributed by atoms with Crippen LogP contribution in [0, 0.1) is 13.8 Å². The van der Waals surface area contributed by atoms with Crippen LogP contribution >= 0.6 is 0 Å². The Morgan fingerprint density at radius 1 is 1.05 bits per heavy atom. The summed E-state index contributed by atoms with van der Waals surface area (Å²) in [7, 11) is 0. The van der Waals surface area contributed by atoms with Gasteiger partial charge in [0.25, 0.3) is 0 Å². The van der Waals surface area contributed by atoms with E-state index < -0.39 is 0 Å². The maximum absolute atomic E-state index is 4.78. The van der Waals surface area contributed by atoms with Crippen molar-refractivity contribution in [3.63, 3.8) is 0 Å². The molecule has 2 aromatic carbocycles. The minimum absolute atomic E-state index is 0.228. The summed E-state index contributed by atoms with van der Waals surface area (Å²) in [4.78, 5) is 11.6. The van der Waals surface area contributed by atoms with Crippen LogP contribution in [0.4, 0.5) is 0 Å². The van der Waals surface area contributed by atoms with Gasteiger partial charge in [-0.2, -0.15) is 0 Å². The molecule has 2 heterocycles. The third-order valence-electron chi connectivity index (χ3n) is 4.54. The number of aromatic nitrogens is 3. The van der Waals surface area contributed by atoms with Crippen molar-refractivity contribution in [2.24, 2.45) is 0 Å². The average Bonchev–Trinajstić information content (AvgIpc) is 3.13. The van der Waals surface area contributed by atoms with E-state index in [9.17, 15) is 0 Å². The number of aromatic amines is 2. The van der Waals surface area contributed by atoms with Gasteiger partial charge in [0.05, 0.1) is 11.0 Å². The zero-order chi connectivity index (χ0) is 15.3. The summed E-state index contributed by atoms with van der Waals surface area (Å²) in [6.07, 6.45) is 2.02. The molecule has 0 amide bonds. The van der Waals surface area contributed by atoms with Crippen molar-refractivity contribution in [3.05, 3.63) is 65.1 Å². The Kier molecular flexibility index (Phi) is 2.83. The van der Waals surface area contributed by atoms with Crippen molar-refractivity contribution < 1.29 is 0 Å². The van der Waals surface area contributed by atoms with E-state index in [1.54, 1.807) is 0 Å². The number of benzene rings is 2. The van der Waals surface area contributed by atoms with E-state index in [0.29, 0.717) is 0 Å². The van der Waals surface area contributed by atoms with Crippen LogP contribution in [0.15, 0.2) is 42.6 Å². The van der Waals surface area contributed by atoms with Gasteiger partial charge in [-0.15, -0.1) is 0 Å². The maximum atomic E-state index is 4.78. The number of fused-ring (bicyclic) bond motifs is 2. The molecule has 0 saturated carbocycles. The van der Waals surface area contributed by atoms with Gasteiger partial charge in [0, 0.05) is 23.0 Å². The van der Waals surface area contributed by atoms with E-state index in [0.717, 1.165) is 16.9 Å². The van der Waals surface area contributed by atoms with Crippen LogP contribution in [0.3, 0.4) is 0 Å². The first-order chi connectivity index (χ1) is 10.6. The van der Waals surface area contributed by atoms with E-state index in [2.05, 4.69) is 55.0 Å². The SMILES string of the molecule is Cc1cc(C)c2[nH]ccc2c1C(C)c1nc2ccccc2[nH]1.